The van der Waals surface area contributed by atoms with Crippen LogP contribution in [0.3, 0.4) is 0 Å². The number of nitrogens with zero attached hydrogens (tertiary/aromatic N) is 4. The van der Waals surface area contributed by atoms with E-state index in [-0.39, 0.29) is 12.1 Å². The van der Waals surface area contributed by atoms with Gasteiger partial charge in [-0.15, -0.1) is 0 Å². The number of fused-ring (bicyclic) bond motifs is 1. The van der Waals surface area contributed by atoms with Gasteiger partial charge in [-0.25, -0.2) is 0 Å². The number of hydrogen-bond donors (Lipinski definition) is 0. The first-order valence-electron chi connectivity index (χ1n) is 7.85. The molecule has 0 bridgehead atoms. The van der Waals surface area contributed by atoms with Gasteiger partial charge < -0.3 is 9.47 Å². The molecular weight excluding hydrogens is 292 g/mol. The van der Waals surface area contributed by atoms with E-state index >= 15 is 0 Å². The number of aliphatic imine (C=N–C) groups is 1. The molecule has 1 fully saturated rings. The van der Waals surface area contributed by atoms with Crippen molar-refractivity contribution in [2.45, 2.75) is 37.7 Å². The van der Waals surface area contributed by atoms with Crippen molar-refractivity contribution < 1.29 is 0 Å². The lowest BCUT2D eigenvalue weighted by Gasteiger charge is -2.28. The zero-order valence-electron chi connectivity index (χ0n) is 12.9. The summed E-state index contributed by atoms with van der Waals surface area (Å²) in [7, 11) is 0. The molecule has 4 rings (SSSR count). The largest absolute Gasteiger partial charge is 0.350 e. The highest BCUT2D eigenvalue weighted by atomic mass is 32.2. The molecule has 0 saturated carbocycles. The Morgan fingerprint density at radius 3 is 2.95 bits per heavy atom. The molecule has 0 radical (unpaired) electrons. The molecule has 2 aliphatic rings. The molecule has 4 heterocycles. The Hall–Kier alpha value is -1.75. The molecule has 0 unspecified atom stereocenters. The van der Waals surface area contributed by atoms with Crippen molar-refractivity contribution in [2.24, 2.45) is 4.99 Å². The number of amidine groups is 1. The Balaban J connectivity index is 1.79. The fourth-order valence-electron chi connectivity index (χ4n) is 3.42. The van der Waals surface area contributed by atoms with Crippen LogP contribution in [0.15, 0.2) is 47.7 Å². The Bertz CT molecular complexity index is 694. The van der Waals surface area contributed by atoms with Crippen LogP contribution in [0, 0.1) is 0 Å². The minimum absolute atomic E-state index is 0.0939. The lowest BCUT2D eigenvalue weighted by atomic mass is 10.0. The summed E-state index contributed by atoms with van der Waals surface area (Å²) in [6.45, 7) is 6.51. The maximum absolute atomic E-state index is 5.01. The first-order valence-corrected chi connectivity index (χ1v) is 8.73. The van der Waals surface area contributed by atoms with E-state index in [1.54, 1.807) is 0 Å². The predicted octanol–water partition coefficient (Wildman–Crippen LogP) is 3.49. The van der Waals surface area contributed by atoms with Gasteiger partial charge in [-0.2, -0.15) is 0 Å². The highest BCUT2D eigenvalue weighted by molar-refractivity contribution is 8.14. The fraction of sp³-hybridized carbons (Fsp3) is 0.412. The number of aromatic nitrogens is 2. The van der Waals surface area contributed by atoms with Crippen LogP contribution in [0.4, 0.5) is 0 Å². The van der Waals surface area contributed by atoms with Gasteiger partial charge >= 0.3 is 0 Å². The van der Waals surface area contributed by atoms with Crippen LogP contribution in [0.2, 0.25) is 0 Å². The zero-order chi connectivity index (χ0) is 15.1. The Kier molecular flexibility index (Phi) is 3.45. The molecule has 0 N–H and O–H groups in total. The predicted molar refractivity (Wildman–Crippen MR) is 91.0 cm³/mol. The van der Waals surface area contributed by atoms with E-state index in [0.29, 0.717) is 5.25 Å². The normalized spacial score (nSPS) is 27.1. The van der Waals surface area contributed by atoms with Crippen molar-refractivity contribution in [2.75, 3.05) is 6.54 Å². The van der Waals surface area contributed by atoms with Gasteiger partial charge in [-0.1, -0.05) is 24.8 Å². The highest BCUT2D eigenvalue weighted by Crippen LogP contribution is 2.47. The van der Waals surface area contributed by atoms with Gasteiger partial charge in [0.2, 0.25) is 0 Å². The van der Waals surface area contributed by atoms with Crippen molar-refractivity contribution >= 4 is 16.9 Å². The molecule has 2 aliphatic heterocycles. The van der Waals surface area contributed by atoms with E-state index in [2.05, 4.69) is 58.8 Å². The summed E-state index contributed by atoms with van der Waals surface area (Å²) in [5.74, 6) is 0. The standard InChI is InChI=1S/C17H20N4S/c1-3-20-10-6-8-14(20)16-15(13-7-4-5-9-18-13)19-17-21(16)11-12(2)22-17/h4-10,12,15-16H,3,11H2,1-2H3/t12-,15-,16-/m1/s1. The average Bonchev–Trinajstić information content (AvgIpc) is 3.21. The van der Waals surface area contributed by atoms with Gasteiger partial charge in [0.25, 0.3) is 0 Å². The molecule has 4 nitrogen and oxygen atoms in total. The van der Waals surface area contributed by atoms with E-state index in [0.717, 1.165) is 18.8 Å². The van der Waals surface area contributed by atoms with Crippen LogP contribution >= 0.6 is 11.8 Å². The van der Waals surface area contributed by atoms with Gasteiger partial charge in [0.15, 0.2) is 5.17 Å². The van der Waals surface area contributed by atoms with Crippen molar-refractivity contribution in [1.82, 2.24) is 14.5 Å². The van der Waals surface area contributed by atoms with Gasteiger partial charge in [-0.05, 0) is 31.2 Å². The van der Waals surface area contributed by atoms with Gasteiger partial charge in [0, 0.05) is 36.4 Å². The molecule has 0 spiro atoms. The van der Waals surface area contributed by atoms with Crippen molar-refractivity contribution in [1.29, 1.82) is 0 Å². The molecule has 114 valence electrons. The molecule has 0 amide bonds. The molecule has 0 aromatic carbocycles. The number of rotatable bonds is 3. The zero-order valence-corrected chi connectivity index (χ0v) is 13.7. The maximum atomic E-state index is 5.01. The molecule has 2 aromatic rings. The van der Waals surface area contributed by atoms with E-state index in [1.165, 1.54) is 10.9 Å². The van der Waals surface area contributed by atoms with Gasteiger partial charge in [0.1, 0.15) is 6.04 Å². The number of aryl methyl sites for hydroxylation is 1. The maximum Gasteiger partial charge on any atom is 0.160 e. The Labute approximate surface area is 135 Å². The second-order valence-corrected chi connectivity index (χ2v) is 7.26. The third kappa shape index (κ3) is 2.15. The third-order valence-electron chi connectivity index (χ3n) is 4.39. The number of pyridine rings is 1. The van der Waals surface area contributed by atoms with Crippen molar-refractivity contribution in [3.63, 3.8) is 0 Å². The van der Waals surface area contributed by atoms with E-state index in [1.807, 2.05) is 24.0 Å². The van der Waals surface area contributed by atoms with Crippen LogP contribution in [0.25, 0.3) is 0 Å². The topological polar surface area (TPSA) is 33.4 Å². The van der Waals surface area contributed by atoms with Crippen molar-refractivity contribution in [3.05, 3.63) is 54.1 Å². The van der Waals surface area contributed by atoms with Gasteiger partial charge in [-0.3, -0.25) is 9.98 Å². The summed E-state index contributed by atoms with van der Waals surface area (Å²) in [4.78, 5) is 12.1. The Morgan fingerprint density at radius 2 is 2.18 bits per heavy atom. The van der Waals surface area contributed by atoms with Crippen LogP contribution in [0.5, 0.6) is 0 Å². The summed E-state index contributed by atoms with van der Waals surface area (Å²) in [5, 5.41) is 1.79. The quantitative estimate of drug-likeness (QED) is 0.870. The monoisotopic (exact) mass is 312 g/mol. The molecular formula is C17H20N4S. The summed E-state index contributed by atoms with van der Waals surface area (Å²) in [5.41, 5.74) is 2.40. The van der Waals surface area contributed by atoms with Crippen LogP contribution in [-0.4, -0.2) is 31.4 Å². The number of thioether (sulfide) groups is 1. The average molecular weight is 312 g/mol. The second-order valence-electron chi connectivity index (χ2n) is 5.86. The van der Waals surface area contributed by atoms with Crippen LogP contribution in [0.1, 0.15) is 37.3 Å². The first-order chi connectivity index (χ1) is 10.8. The van der Waals surface area contributed by atoms with E-state index in [9.17, 15) is 0 Å². The van der Waals surface area contributed by atoms with Gasteiger partial charge in [0.05, 0.1) is 11.7 Å². The lowest BCUT2D eigenvalue weighted by Crippen LogP contribution is -2.30. The lowest BCUT2D eigenvalue weighted by molar-refractivity contribution is 0.307. The fourth-order valence-corrected chi connectivity index (χ4v) is 4.51. The molecule has 5 heteroatoms. The molecule has 22 heavy (non-hydrogen) atoms. The summed E-state index contributed by atoms with van der Waals surface area (Å²) >= 11 is 1.89. The Morgan fingerprint density at radius 1 is 1.27 bits per heavy atom. The summed E-state index contributed by atoms with van der Waals surface area (Å²) < 4.78 is 2.33. The highest BCUT2D eigenvalue weighted by Gasteiger charge is 2.44. The first kappa shape index (κ1) is 13.9. The minimum Gasteiger partial charge on any atom is -0.350 e. The van der Waals surface area contributed by atoms with E-state index < -0.39 is 0 Å². The number of hydrogen-bond acceptors (Lipinski definition) is 4. The van der Waals surface area contributed by atoms with Crippen LogP contribution < -0.4 is 0 Å². The summed E-state index contributed by atoms with van der Waals surface area (Å²) in [6.07, 6.45) is 4.03. The summed E-state index contributed by atoms with van der Waals surface area (Å²) in [6, 6.07) is 10.8. The second kappa shape index (κ2) is 5.47. The van der Waals surface area contributed by atoms with E-state index in [4.69, 9.17) is 4.99 Å². The third-order valence-corrected chi connectivity index (χ3v) is 5.49. The molecule has 3 atom stereocenters. The SMILES string of the molecule is CCn1cccc1[C@@H]1[C@@H](c2ccccn2)N=C2S[C@H](C)CN21. The molecule has 1 saturated heterocycles. The molecule has 2 aromatic heterocycles. The smallest absolute Gasteiger partial charge is 0.160 e. The van der Waals surface area contributed by atoms with Crippen LogP contribution in [-0.2, 0) is 6.54 Å². The van der Waals surface area contributed by atoms with Crippen molar-refractivity contribution in [3.8, 4) is 0 Å². The molecule has 0 aliphatic carbocycles. The minimum atomic E-state index is 0.0939.